The number of hydrogen-bond acceptors (Lipinski definition) is 3. The molecule has 5 heteroatoms. The van der Waals surface area contributed by atoms with Gasteiger partial charge in [-0.15, -0.1) is 0 Å². The van der Waals surface area contributed by atoms with Crippen molar-refractivity contribution in [1.29, 1.82) is 0 Å². The molecule has 0 bridgehead atoms. The van der Waals surface area contributed by atoms with Crippen molar-refractivity contribution < 1.29 is 4.74 Å². The highest BCUT2D eigenvalue weighted by Crippen LogP contribution is 2.38. The Morgan fingerprint density at radius 1 is 1.32 bits per heavy atom. The van der Waals surface area contributed by atoms with Crippen molar-refractivity contribution in [2.75, 3.05) is 52.5 Å². The van der Waals surface area contributed by atoms with Crippen LogP contribution in [0.1, 0.15) is 53.4 Å². The van der Waals surface area contributed by atoms with Crippen molar-refractivity contribution in [3.63, 3.8) is 0 Å². The number of ether oxygens (including phenoxy) is 1. The molecule has 0 aromatic heterocycles. The fourth-order valence-electron chi connectivity index (χ4n) is 4.62. The van der Waals surface area contributed by atoms with E-state index in [1.807, 2.05) is 0 Å². The number of hydrogen-bond donors (Lipinski definition) is 1. The summed E-state index contributed by atoms with van der Waals surface area (Å²) in [5, 5.41) is 3.53. The van der Waals surface area contributed by atoms with E-state index in [2.05, 4.69) is 42.8 Å². The minimum atomic E-state index is 0.128. The van der Waals surface area contributed by atoms with Crippen LogP contribution in [0.3, 0.4) is 0 Å². The van der Waals surface area contributed by atoms with Crippen LogP contribution in [0.5, 0.6) is 0 Å². The Kier molecular flexibility index (Phi) is 5.94. The number of nitrogens with zero attached hydrogens (tertiary/aromatic N) is 3. The van der Waals surface area contributed by atoms with Crippen LogP contribution in [-0.4, -0.2) is 73.8 Å². The van der Waals surface area contributed by atoms with Crippen LogP contribution < -0.4 is 5.32 Å². The van der Waals surface area contributed by atoms with Gasteiger partial charge in [0.05, 0.1) is 13.2 Å². The summed E-state index contributed by atoms with van der Waals surface area (Å²) < 4.78 is 5.68. The van der Waals surface area contributed by atoms with Crippen LogP contribution in [-0.2, 0) is 4.74 Å². The highest BCUT2D eigenvalue weighted by Gasteiger charge is 2.42. The van der Waals surface area contributed by atoms with Crippen molar-refractivity contribution in [3.05, 3.63) is 0 Å². The van der Waals surface area contributed by atoms with Gasteiger partial charge >= 0.3 is 0 Å². The molecule has 2 unspecified atom stereocenters. The fraction of sp³-hybridized carbons (Fsp3) is 0.950. The number of rotatable bonds is 4. The molecular weight excluding hydrogens is 312 g/mol. The second kappa shape index (κ2) is 7.83. The highest BCUT2D eigenvalue weighted by molar-refractivity contribution is 5.80. The molecule has 0 amide bonds. The predicted octanol–water partition coefficient (Wildman–Crippen LogP) is 2.57. The van der Waals surface area contributed by atoms with Gasteiger partial charge < -0.3 is 15.0 Å². The smallest absolute Gasteiger partial charge is 0.194 e. The minimum absolute atomic E-state index is 0.128. The van der Waals surface area contributed by atoms with E-state index in [9.17, 15) is 0 Å². The molecule has 0 saturated carbocycles. The van der Waals surface area contributed by atoms with Gasteiger partial charge in [-0.25, -0.2) is 0 Å². The maximum atomic E-state index is 5.68. The predicted molar refractivity (Wildman–Crippen MR) is 104 cm³/mol. The molecular formula is C20H38N4O. The average Bonchev–Trinajstić information content (AvgIpc) is 3.22. The maximum Gasteiger partial charge on any atom is 0.194 e. The molecule has 3 fully saturated rings. The zero-order chi connectivity index (χ0) is 17.9. The molecule has 0 aromatic rings. The molecule has 144 valence electrons. The van der Waals surface area contributed by atoms with Gasteiger partial charge in [0.25, 0.3) is 0 Å². The Morgan fingerprint density at radius 2 is 2.16 bits per heavy atom. The first-order valence-electron chi connectivity index (χ1n) is 10.3. The van der Waals surface area contributed by atoms with Gasteiger partial charge in [0.1, 0.15) is 0 Å². The first-order valence-corrected chi connectivity index (χ1v) is 10.3. The molecule has 5 nitrogen and oxygen atoms in total. The second-order valence-corrected chi connectivity index (χ2v) is 9.15. The van der Waals surface area contributed by atoms with Crippen molar-refractivity contribution in [1.82, 2.24) is 15.1 Å². The molecule has 0 radical (unpaired) electrons. The average molecular weight is 351 g/mol. The molecule has 25 heavy (non-hydrogen) atoms. The molecule has 3 aliphatic rings. The lowest BCUT2D eigenvalue weighted by Gasteiger charge is -2.42. The van der Waals surface area contributed by atoms with E-state index >= 15 is 0 Å². The molecule has 2 atom stereocenters. The quantitative estimate of drug-likeness (QED) is 0.625. The van der Waals surface area contributed by atoms with E-state index in [0.717, 1.165) is 51.3 Å². The maximum absolute atomic E-state index is 5.68. The zero-order valence-corrected chi connectivity index (χ0v) is 16.8. The van der Waals surface area contributed by atoms with Gasteiger partial charge in [0, 0.05) is 43.7 Å². The topological polar surface area (TPSA) is 40.1 Å². The van der Waals surface area contributed by atoms with Gasteiger partial charge in [-0.2, -0.15) is 0 Å². The first-order chi connectivity index (χ1) is 11.9. The third-order valence-electron chi connectivity index (χ3n) is 6.39. The molecule has 3 heterocycles. The largest absolute Gasteiger partial charge is 0.381 e. The lowest BCUT2D eigenvalue weighted by Crippen LogP contribution is -2.51. The van der Waals surface area contributed by atoms with Crippen molar-refractivity contribution in [2.24, 2.45) is 16.3 Å². The number of nitrogens with one attached hydrogen (secondary N) is 1. The Balaban J connectivity index is 1.63. The van der Waals surface area contributed by atoms with E-state index in [1.165, 1.54) is 38.8 Å². The Hall–Kier alpha value is -0.810. The molecule has 3 aliphatic heterocycles. The minimum Gasteiger partial charge on any atom is -0.381 e. The van der Waals surface area contributed by atoms with E-state index in [1.54, 1.807) is 0 Å². The normalized spacial score (nSPS) is 31.9. The summed E-state index contributed by atoms with van der Waals surface area (Å²) in [5.74, 6) is 1.91. The first kappa shape index (κ1) is 19.0. The molecule has 3 rings (SSSR count). The SMILES string of the molecule is CCNC(=NCC(C)(C)N1CCCC(C)C1)N1CCC2(CCOC2)C1. The second-order valence-electron chi connectivity index (χ2n) is 9.15. The van der Waals surface area contributed by atoms with Crippen LogP contribution >= 0.6 is 0 Å². The number of likely N-dealkylation sites (tertiary alicyclic amines) is 2. The van der Waals surface area contributed by atoms with Crippen molar-refractivity contribution in [2.45, 2.75) is 58.9 Å². The van der Waals surface area contributed by atoms with Gasteiger partial charge in [0.2, 0.25) is 0 Å². The third kappa shape index (κ3) is 4.48. The van der Waals surface area contributed by atoms with Crippen molar-refractivity contribution in [3.8, 4) is 0 Å². The van der Waals surface area contributed by atoms with E-state index in [0.29, 0.717) is 5.41 Å². The van der Waals surface area contributed by atoms with Gasteiger partial charge in [-0.1, -0.05) is 6.92 Å². The van der Waals surface area contributed by atoms with E-state index in [-0.39, 0.29) is 5.54 Å². The summed E-state index contributed by atoms with van der Waals surface area (Å²) in [4.78, 5) is 10.2. The fourth-order valence-corrected chi connectivity index (χ4v) is 4.62. The van der Waals surface area contributed by atoms with Gasteiger partial charge in [-0.05, 0) is 58.9 Å². The van der Waals surface area contributed by atoms with Crippen LogP contribution in [0, 0.1) is 11.3 Å². The van der Waals surface area contributed by atoms with Crippen molar-refractivity contribution >= 4 is 5.96 Å². The lowest BCUT2D eigenvalue weighted by atomic mass is 9.87. The zero-order valence-electron chi connectivity index (χ0n) is 16.8. The standard InChI is InChI=1S/C20H38N4O/c1-5-21-18(23-11-8-20(15-23)9-12-25-16-20)22-14-19(3,4)24-10-6-7-17(2)13-24/h17H,5-16H2,1-4H3,(H,21,22). The van der Waals surface area contributed by atoms with Crippen LogP contribution in [0.2, 0.25) is 0 Å². The summed E-state index contributed by atoms with van der Waals surface area (Å²) in [6, 6.07) is 0. The Morgan fingerprint density at radius 3 is 2.84 bits per heavy atom. The number of piperidine rings is 1. The third-order valence-corrected chi connectivity index (χ3v) is 6.39. The van der Waals surface area contributed by atoms with E-state index < -0.39 is 0 Å². The van der Waals surface area contributed by atoms with Crippen LogP contribution in [0.25, 0.3) is 0 Å². The molecule has 0 aliphatic carbocycles. The molecule has 3 saturated heterocycles. The van der Waals surface area contributed by atoms with Crippen LogP contribution in [0.15, 0.2) is 4.99 Å². The lowest BCUT2D eigenvalue weighted by molar-refractivity contribution is 0.0773. The Bertz CT molecular complexity index is 470. The summed E-state index contributed by atoms with van der Waals surface area (Å²) in [7, 11) is 0. The number of guanidine groups is 1. The summed E-state index contributed by atoms with van der Waals surface area (Å²) in [6.45, 7) is 17.5. The molecule has 1 spiro atoms. The molecule has 0 aromatic carbocycles. The van der Waals surface area contributed by atoms with Gasteiger partial charge in [0.15, 0.2) is 5.96 Å². The number of aliphatic imine (C=N–C) groups is 1. The highest BCUT2D eigenvalue weighted by atomic mass is 16.5. The summed E-state index contributed by atoms with van der Waals surface area (Å²) in [5.41, 5.74) is 0.511. The van der Waals surface area contributed by atoms with E-state index in [4.69, 9.17) is 9.73 Å². The van der Waals surface area contributed by atoms with Crippen LogP contribution in [0.4, 0.5) is 0 Å². The Labute approximate surface area is 154 Å². The summed E-state index contributed by atoms with van der Waals surface area (Å²) >= 11 is 0. The summed E-state index contributed by atoms with van der Waals surface area (Å²) in [6.07, 6.45) is 5.14. The monoisotopic (exact) mass is 350 g/mol. The van der Waals surface area contributed by atoms with Gasteiger partial charge in [-0.3, -0.25) is 9.89 Å². The molecule has 1 N–H and O–H groups in total.